The Hall–Kier alpha value is -1.82. The number of hydrogen-bond donors (Lipinski definition) is 1. The standard InChI is InChI=1S/C15H18F3N3/c1-10-14(7-4-8-19)11(2)21(20-10)13-6-3-5-12(9-13)15(16,17)18/h3,5-6,9H,4,7-8,19H2,1-2H3. The summed E-state index contributed by atoms with van der Waals surface area (Å²) >= 11 is 0. The fourth-order valence-corrected chi connectivity index (χ4v) is 2.38. The van der Waals surface area contributed by atoms with Gasteiger partial charge in [0.05, 0.1) is 16.9 Å². The van der Waals surface area contributed by atoms with Gasteiger partial charge in [-0.1, -0.05) is 6.07 Å². The van der Waals surface area contributed by atoms with Crippen molar-refractivity contribution in [2.24, 2.45) is 5.73 Å². The van der Waals surface area contributed by atoms with Crippen molar-refractivity contribution in [3.8, 4) is 5.69 Å². The van der Waals surface area contributed by atoms with Gasteiger partial charge >= 0.3 is 6.18 Å². The molecule has 2 rings (SSSR count). The highest BCUT2D eigenvalue weighted by Gasteiger charge is 2.30. The Bertz CT molecular complexity index is 630. The van der Waals surface area contributed by atoms with Crippen LogP contribution in [0.1, 0.15) is 28.9 Å². The first-order valence-electron chi connectivity index (χ1n) is 6.77. The number of aryl methyl sites for hydroxylation is 1. The molecule has 0 amide bonds. The van der Waals surface area contributed by atoms with Gasteiger partial charge in [0.25, 0.3) is 0 Å². The molecule has 0 saturated carbocycles. The van der Waals surface area contributed by atoms with E-state index in [0.717, 1.165) is 41.9 Å². The summed E-state index contributed by atoms with van der Waals surface area (Å²) in [7, 11) is 0. The van der Waals surface area contributed by atoms with Gasteiger partial charge in [0.1, 0.15) is 0 Å². The normalized spacial score (nSPS) is 11.9. The third kappa shape index (κ3) is 3.26. The molecule has 1 aromatic heterocycles. The summed E-state index contributed by atoms with van der Waals surface area (Å²) in [5, 5.41) is 4.36. The Morgan fingerprint density at radius 1 is 1.24 bits per heavy atom. The summed E-state index contributed by atoms with van der Waals surface area (Å²) in [5.74, 6) is 0. The lowest BCUT2D eigenvalue weighted by molar-refractivity contribution is -0.137. The van der Waals surface area contributed by atoms with Gasteiger partial charge in [-0.3, -0.25) is 0 Å². The predicted molar refractivity (Wildman–Crippen MR) is 75.4 cm³/mol. The number of alkyl halides is 3. The van der Waals surface area contributed by atoms with Crippen molar-refractivity contribution in [3.05, 3.63) is 46.8 Å². The summed E-state index contributed by atoms with van der Waals surface area (Å²) in [6.45, 7) is 4.31. The number of nitrogens with two attached hydrogens (primary N) is 1. The fourth-order valence-electron chi connectivity index (χ4n) is 2.38. The van der Waals surface area contributed by atoms with Crippen LogP contribution in [-0.4, -0.2) is 16.3 Å². The molecule has 21 heavy (non-hydrogen) atoms. The molecule has 0 aliphatic heterocycles. The number of halogens is 3. The van der Waals surface area contributed by atoms with E-state index in [2.05, 4.69) is 5.10 Å². The Kier molecular flexibility index (Phi) is 4.37. The molecule has 0 spiro atoms. The zero-order chi connectivity index (χ0) is 15.6. The molecule has 0 saturated heterocycles. The summed E-state index contributed by atoms with van der Waals surface area (Å²) in [6.07, 6.45) is -2.74. The second kappa shape index (κ2) is 5.89. The zero-order valence-corrected chi connectivity index (χ0v) is 12.0. The molecule has 0 fully saturated rings. The maximum atomic E-state index is 12.8. The summed E-state index contributed by atoms with van der Waals surface area (Å²) in [5.41, 5.74) is 8.01. The molecule has 1 heterocycles. The van der Waals surface area contributed by atoms with Crippen LogP contribution in [0.4, 0.5) is 13.2 Å². The zero-order valence-electron chi connectivity index (χ0n) is 12.0. The molecule has 0 aliphatic rings. The van der Waals surface area contributed by atoms with Crippen molar-refractivity contribution < 1.29 is 13.2 Å². The van der Waals surface area contributed by atoms with Gasteiger partial charge in [0, 0.05) is 5.69 Å². The Morgan fingerprint density at radius 3 is 2.57 bits per heavy atom. The Morgan fingerprint density at radius 2 is 1.95 bits per heavy atom. The molecule has 114 valence electrons. The highest BCUT2D eigenvalue weighted by molar-refractivity contribution is 5.40. The maximum absolute atomic E-state index is 12.8. The van der Waals surface area contributed by atoms with Crippen LogP contribution in [0.5, 0.6) is 0 Å². The van der Waals surface area contributed by atoms with E-state index in [9.17, 15) is 13.2 Å². The van der Waals surface area contributed by atoms with E-state index in [1.165, 1.54) is 6.07 Å². The summed E-state index contributed by atoms with van der Waals surface area (Å²) < 4.78 is 39.9. The molecule has 0 atom stereocenters. The number of aromatic nitrogens is 2. The number of nitrogens with zero attached hydrogens (tertiary/aromatic N) is 2. The number of benzene rings is 1. The monoisotopic (exact) mass is 297 g/mol. The first kappa shape index (κ1) is 15.6. The van der Waals surface area contributed by atoms with Gasteiger partial charge in [0.15, 0.2) is 0 Å². The van der Waals surface area contributed by atoms with Crippen LogP contribution in [0.15, 0.2) is 24.3 Å². The molecule has 6 heteroatoms. The van der Waals surface area contributed by atoms with Crippen molar-refractivity contribution in [1.82, 2.24) is 9.78 Å². The van der Waals surface area contributed by atoms with Crippen LogP contribution in [0, 0.1) is 13.8 Å². The minimum Gasteiger partial charge on any atom is -0.330 e. The van der Waals surface area contributed by atoms with Gasteiger partial charge < -0.3 is 5.73 Å². The van der Waals surface area contributed by atoms with Gasteiger partial charge in [-0.05, 0) is 57.0 Å². The third-order valence-electron chi connectivity index (χ3n) is 3.49. The molecule has 0 aliphatic carbocycles. The molecule has 0 unspecified atom stereocenters. The minimum absolute atomic E-state index is 0.421. The van der Waals surface area contributed by atoms with Crippen LogP contribution in [0.2, 0.25) is 0 Å². The average Bonchev–Trinajstić information content (AvgIpc) is 2.71. The molecule has 2 aromatic rings. The van der Waals surface area contributed by atoms with E-state index < -0.39 is 11.7 Å². The van der Waals surface area contributed by atoms with Crippen molar-refractivity contribution in [1.29, 1.82) is 0 Å². The van der Waals surface area contributed by atoms with Crippen molar-refractivity contribution in [2.75, 3.05) is 6.54 Å². The molecule has 1 aromatic carbocycles. The molecule has 0 radical (unpaired) electrons. The Labute approximate surface area is 121 Å². The van der Waals surface area contributed by atoms with E-state index in [4.69, 9.17) is 5.73 Å². The van der Waals surface area contributed by atoms with Crippen LogP contribution >= 0.6 is 0 Å². The van der Waals surface area contributed by atoms with Gasteiger partial charge in [-0.2, -0.15) is 18.3 Å². The van der Waals surface area contributed by atoms with Crippen LogP contribution in [0.3, 0.4) is 0 Å². The van der Waals surface area contributed by atoms with Crippen LogP contribution in [0.25, 0.3) is 5.69 Å². The molecule has 3 nitrogen and oxygen atoms in total. The second-order valence-electron chi connectivity index (χ2n) is 5.00. The molecular formula is C15H18F3N3. The predicted octanol–water partition coefficient (Wildman–Crippen LogP) is 3.40. The van der Waals surface area contributed by atoms with E-state index in [1.54, 1.807) is 10.7 Å². The van der Waals surface area contributed by atoms with Crippen molar-refractivity contribution in [2.45, 2.75) is 32.9 Å². The van der Waals surface area contributed by atoms with Crippen LogP contribution in [-0.2, 0) is 12.6 Å². The van der Waals surface area contributed by atoms with Gasteiger partial charge in [-0.25, -0.2) is 4.68 Å². The Balaban J connectivity index is 2.43. The van der Waals surface area contributed by atoms with E-state index in [0.29, 0.717) is 12.2 Å². The van der Waals surface area contributed by atoms with Gasteiger partial charge in [-0.15, -0.1) is 0 Å². The fraction of sp³-hybridized carbons (Fsp3) is 0.400. The topological polar surface area (TPSA) is 43.8 Å². The highest BCUT2D eigenvalue weighted by Crippen LogP contribution is 2.30. The number of rotatable bonds is 4. The lowest BCUT2D eigenvalue weighted by Gasteiger charge is -2.10. The second-order valence-corrected chi connectivity index (χ2v) is 5.00. The van der Waals surface area contributed by atoms with Crippen molar-refractivity contribution >= 4 is 0 Å². The summed E-state index contributed by atoms with van der Waals surface area (Å²) in [6, 6.07) is 5.20. The smallest absolute Gasteiger partial charge is 0.330 e. The van der Waals surface area contributed by atoms with E-state index in [1.807, 2.05) is 13.8 Å². The maximum Gasteiger partial charge on any atom is 0.416 e. The molecule has 2 N–H and O–H groups in total. The minimum atomic E-state index is -4.35. The molecular weight excluding hydrogens is 279 g/mol. The summed E-state index contributed by atoms with van der Waals surface area (Å²) in [4.78, 5) is 0. The number of hydrogen-bond acceptors (Lipinski definition) is 2. The van der Waals surface area contributed by atoms with Crippen molar-refractivity contribution in [3.63, 3.8) is 0 Å². The largest absolute Gasteiger partial charge is 0.416 e. The lowest BCUT2D eigenvalue weighted by atomic mass is 10.1. The lowest BCUT2D eigenvalue weighted by Crippen LogP contribution is -2.07. The van der Waals surface area contributed by atoms with E-state index >= 15 is 0 Å². The van der Waals surface area contributed by atoms with Gasteiger partial charge in [0.2, 0.25) is 0 Å². The molecule has 0 bridgehead atoms. The van der Waals surface area contributed by atoms with E-state index in [-0.39, 0.29) is 0 Å². The first-order chi connectivity index (χ1) is 9.84. The quantitative estimate of drug-likeness (QED) is 0.940. The first-order valence-corrected chi connectivity index (χ1v) is 6.77. The highest BCUT2D eigenvalue weighted by atomic mass is 19.4. The van der Waals surface area contributed by atoms with Crippen LogP contribution < -0.4 is 5.73 Å². The SMILES string of the molecule is Cc1nn(-c2cccc(C(F)(F)F)c2)c(C)c1CCCN. The average molecular weight is 297 g/mol. The third-order valence-corrected chi connectivity index (χ3v) is 3.49.